The smallest absolute Gasteiger partial charge is 0.225 e. The third kappa shape index (κ3) is 5.45. The van der Waals surface area contributed by atoms with Gasteiger partial charge in [0.25, 0.3) is 0 Å². The van der Waals surface area contributed by atoms with Crippen molar-refractivity contribution < 1.29 is 20.1 Å². The summed E-state index contributed by atoms with van der Waals surface area (Å²) < 4.78 is 5.65. The van der Waals surface area contributed by atoms with Crippen molar-refractivity contribution in [3.05, 3.63) is 41.5 Å². The van der Waals surface area contributed by atoms with Gasteiger partial charge in [0.05, 0.1) is 38.3 Å². The molecule has 1 unspecified atom stereocenters. The van der Waals surface area contributed by atoms with Gasteiger partial charge in [-0.1, -0.05) is 26.8 Å². The predicted molar refractivity (Wildman–Crippen MR) is 125 cm³/mol. The van der Waals surface area contributed by atoms with Gasteiger partial charge in [0.15, 0.2) is 5.75 Å². The average molecular weight is 457 g/mol. The minimum Gasteiger partial charge on any atom is -0.490 e. The number of nitrogens with zero attached hydrogens (tertiary/aromatic N) is 4. The van der Waals surface area contributed by atoms with E-state index in [-0.39, 0.29) is 25.2 Å². The number of fused-ring (bicyclic) bond motifs is 1. The molecule has 2 aromatic rings. The fraction of sp³-hybridized carbons (Fsp3) is 0.640. The minimum atomic E-state index is -0.695. The monoisotopic (exact) mass is 456 g/mol. The molecule has 0 spiro atoms. The van der Waals surface area contributed by atoms with Gasteiger partial charge in [0.1, 0.15) is 0 Å². The molecule has 2 aliphatic rings. The number of hydrogen-bond acceptors (Lipinski definition) is 8. The standard InChI is InChI=1S/C25H36N4O4/c1-24(2)10-21-19(22(32)11-24)4-5-20(28-21)17-6-8-29(9-7-17)23-26-12-18(13-27-23)33-16-25(3,14-30)15-31/h4-5,12-13,17,22,30-32H,6-11,14-16H2,1-3H3. The molecule has 0 radical (unpaired) electrons. The summed E-state index contributed by atoms with van der Waals surface area (Å²) in [6.07, 6.45) is 6.51. The summed E-state index contributed by atoms with van der Waals surface area (Å²) in [5.41, 5.74) is 2.54. The summed E-state index contributed by atoms with van der Waals surface area (Å²) in [6.45, 7) is 7.72. The number of pyridine rings is 1. The highest BCUT2D eigenvalue weighted by molar-refractivity contribution is 5.34. The zero-order valence-electron chi connectivity index (χ0n) is 19.9. The van der Waals surface area contributed by atoms with E-state index in [0.717, 1.165) is 55.7 Å². The Kier molecular flexibility index (Phi) is 6.88. The summed E-state index contributed by atoms with van der Waals surface area (Å²) in [4.78, 5) is 16.1. The van der Waals surface area contributed by atoms with E-state index in [1.807, 2.05) is 0 Å². The fourth-order valence-electron chi connectivity index (χ4n) is 4.68. The number of aliphatic hydroxyl groups excluding tert-OH is 3. The SMILES string of the molecule is CC1(C)Cc2nc(C3CCN(c4ncc(OCC(C)(CO)CO)cn4)CC3)ccc2C(O)C1. The molecular weight excluding hydrogens is 420 g/mol. The zero-order valence-corrected chi connectivity index (χ0v) is 19.9. The third-order valence-corrected chi connectivity index (χ3v) is 6.94. The quantitative estimate of drug-likeness (QED) is 0.583. The van der Waals surface area contributed by atoms with Crippen LogP contribution in [-0.2, 0) is 6.42 Å². The van der Waals surface area contributed by atoms with Gasteiger partial charge in [-0.2, -0.15) is 0 Å². The van der Waals surface area contributed by atoms with Crippen molar-refractivity contribution in [1.29, 1.82) is 0 Å². The highest BCUT2D eigenvalue weighted by Gasteiger charge is 2.33. The number of rotatable bonds is 7. The van der Waals surface area contributed by atoms with Crippen LogP contribution in [0, 0.1) is 10.8 Å². The van der Waals surface area contributed by atoms with Crippen LogP contribution in [0.15, 0.2) is 24.5 Å². The first-order chi connectivity index (χ1) is 15.7. The van der Waals surface area contributed by atoms with E-state index in [1.165, 1.54) is 0 Å². The number of piperidine rings is 1. The van der Waals surface area contributed by atoms with Crippen LogP contribution in [0.5, 0.6) is 5.75 Å². The van der Waals surface area contributed by atoms with Gasteiger partial charge >= 0.3 is 0 Å². The summed E-state index contributed by atoms with van der Waals surface area (Å²) in [5.74, 6) is 1.59. The Bertz CT molecular complexity index is 938. The van der Waals surface area contributed by atoms with Crippen LogP contribution < -0.4 is 9.64 Å². The molecule has 0 saturated carbocycles. The molecule has 1 aliphatic carbocycles. The first kappa shape index (κ1) is 23.9. The third-order valence-electron chi connectivity index (χ3n) is 6.94. The minimum absolute atomic E-state index is 0.0729. The second kappa shape index (κ2) is 9.52. The normalized spacial score (nSPS) is 21.0. The first-order valence-electron chi connectivity index (χ1n) is 11.8. The molecule has 0 bridgehead atoms. The molecule has 8 heteroatoms. The summed E-state index contributed by atoms with van der Waals surface area (Å²) in [6, 6.07) is 4.17. The molecule has 3 heterocycles. The number of ether oxygens (including phenoxy) is 1. The Labute approximate surface area is 195 Å². The van der Waals surface area contributed by atoms with E-state index in [2.05, 4.69) is 40.8 Å². The Morgan fingerprint density at radius 1 is 1.12 bits per heavy atom. The molecule has 1 fully saturated rings. The van der Waals surface area contributed by atoms with Crippen molar-refractivity contribution in [3.63, 3.8) is 0 Å². The number of anilines is 1. The van der Waals surface area contributed by atoms with Gasteiger partial charge in [-0.05, 0) is 37.2 Å². The molecule has 0 amide bonds. The number of aliphatic hydroxyl groups is 3. The van der Waals surface area contributed by atoms with E-state index in [9.17, 15) is 15.3 Å². The number of aromatic nitrogens is 3. The van der Waals surface area contributed by atoms with Gasteiger partial charge in [0.2, 0.25) is 5.95 Å². The lowest BCUT2D eigenvalue weighted by atomic mass is 9.74. The van der Waals surface area contributed by atoms with Gasteiger partial charge in [-0.25, -0.2) is 9.97 Å². The molecule has 0 aromatic carbocycles. The lowest BCUT2D eigenvalue weighted by molar-refractivity contribution is 0.0285. The molecule has 1 aliphatic heterocycles. The molecule has 8 nitrogen and oxygen atoms in total. The van der Waals surface area contributed by atoms with Gasteiger partial charge < -0.3 is 25.0 Å². The highest BCUT2D eigenvalue weighted by Crippen LogP contribution is 2.41. The molecular formula is C25H36N4O4. The Hall–Kier alpha value is -2.29. The van der Waals surface area contributed by atoms with Gasteiger partial charge in [-0.15, -0.1) is 0 Å². The maximum atomic E-state index is 10.5. The van der Waals surface area contributed by atoms with Crippen molar-refractivity contribution in [3.8, 4) is 5.75 Å². The van der Waals surface area contributed by atoms with Crippen LogP contribution in [0.4, 0.5) is 5.95 Å². The van der Waals surface area contributed by atoms with Crippen molar-refractivity contribution in [2.24, 2.45) is 10.8 Å². The first-order valence-corrected chi connectivity index (χ1v) is 11.8. The maximum absolute atomic E-state index is 10.5. The average Bonchev–Trinajstić information content (AvgIpc) is 2.82. The molecule has 3 N–H and O–H groups in total. The predicted octanol–water partition coefficient (Wildman–Crippen LogP) is 2.63. The lowest BCUT2D eigenvalue weighted by Gasteiger charge is -2.35. The van der Waals surface area contributed by atoms with E-state index in [1.54, 1.807) is 19.3 Å². The van der Waals surface area contributed by atoms with Crippen molar-refractivity contribution in [1.82, 2.24) is 15.0 Å². The van der Waals surface area contributed by atoms with E-state index < -0.39 is 11.5 Å². The summed E-state index contributed by atoms with van der Waals surface area (Å²) in [5, 5.41) is 29.2. The van der Waals surface area contributed by atoms with E-state index >= 15 is 0 Å². The van der Waals surface area contributed by atoms with E-state index in [4.69, 9.17) is 9.72 Å². The van der Waals surface area contributed by atoms with Gasteiger partial charge in [0, 0.05) is 41.4 Å². The highest BCUT2D eigenvalue weighted by atomic mass is 16.5. The van der Waals surface area contributed by atoms with Crippen LogP contribution >= 0.6 is 0 Å². The molecule has 2 aromatic heterocycles. The maximum Gasteiger partial charge on any atom is 0.225 e. The zero-order chi connectivity index (χ0) is 23.6. The largest absolute Gasteiger partial charge is 0.490 e. The lowest BCUT2D eigenvalue weighted by Crippen LogP contribution is -2.35. The van der Waals surface area contributed by atoms with Crippen molar-refractivity contribution >= 4 is 5.95 Å². The Morgan fingerprint density at radius 2 is 1.79 bits per heavy atom. The molecule has 1 saturated heterocycles. The van der Waals surface area contributed by atoms with Crippen LogP contribution in [0.3, 0.4) is 0 Å². The second-order valence-electron chi connectivity index (χ2n) is 10.7. The van der Waals surface area contributed by atoms with Crippen molar-refractivity contribution in [2.75, 3.05) is 37.8 Å². The Balaban J connectivity index is 1.35. The number of hydrogen-bond donors (Lipinski definition) is 3. The molecule has 180 valence electrons. The van der Waals surface area contributed by atoms with E-state index in [0.29, 0.717) is 17.6 Å². The second-order valence-corrected chi connectivity index (χ2v) is 10.7. The van der Waals surface area contributed by atoms with Crippen LogP contribution in [0.25, 0.3) is 0 Å². The summed E-state index contributed by atoms with van der Waals surface area (Å²) in [7, 11) is 0. The fourth-order valence-corrected chi connectivity index (χ4v) is 4.68. The van der Waals surface area contributed by atoms with Crippen LogP contribution in [0.1, 0.15) is 69.0 Å². The molecule has 4 rings (SSSR count). The van der Waals surface area contributed by atoms with Crippen LogP contribution in [-0.4, -0.2) is 63.2 Å². The van der Waals surface area contributed by atoms with Crippen molar-refractivity contribution in [2.45, 2.75) is 58.5 Å². The van der Waals surface area contributed by atoms with Crippen LogP contribution in [0.2, 0.25) is 0 Å². The molecule has 1 atom stereocenters. The summed E-state index contributed by atoms with van der Waals surface area (Å²) >= 11 is 0. The Morgan fingerprint density at radius 3 is 2.42 bits per heavy atom. The molecule has 33 heavy (non-hydrogen) atoms. The topological polar surface area (TPSA) is 112 Å². The van der Waals surface area contributed by atoms with Gasteiger partial charge in [-0.3, -0.25) is 4.98 Å².